The summed E-state index contributed by atoms with van der Waals surface area (Å²) in [7, 11) is 3.22. The first-order valence-corrected chi connectivity index (χ1v) is 15.3. The minimum Gasteiger partial charge on any atom is -0.493 e. The average Bonchev–Trinajstić information content (AvgIpc) is 3.51. The molecule has 0 bridgehead atoms. The zero-order chi connectivity index (χ0) is 30.4. The predicted molar refractivity (Wildman–Crippen MR) is 167 cm³/mol. The summed E-state index contributed by atoms with van der Waals surface area (Å²) in [6, 6.07) is 19.4. The molecule has 3 aromatic carbocycles. The highest BCUT2D eigenvalue weighted by Gasteiger charge is 2.43. The lowest BCUT2D eigenvalue weighted by atomic mass is 9.72. The van der Waals surface area contributed by atoms with Crippen LogP contribution in [-0.4, -0.2) is 62.4 Å². The van der Waals surface area contributed by atoms with Crippen molar-refractivity contribution in [1.29, 1.82) is 0 Å². The van der Waals surface area contributed by atoms with Crippen molar-refractivity contribution in [2.45, 2.75) is 44.2 Å². The Morgan fingerprint density at radius 1 is 1.16 bits per heavy atom. The van der Waals surface area contributed by atoms with Crippen LogP contribution in [0.15, 0.2) is 60.7 Å². The third-order valence-corrected chi connectivity index (χ3v) is 8.93. The van der Waals surface area contributed by atoms with E-state index in [2.05, 4.69) is 16.7 Å². The summed E-state index contributed by atoms with van der Waals surface area (Å²) >= 11 is 6.88. The molecule has 2 heterocycles. The fourth-order valence-corrected chi connectivity index (χ4v) is 6.67. The molecule has 3 aromatic rings. The van der Waals surface area contributed by atoms with Crippen LogP contribution in [0, 0.1) is 5.92 Å². The van der Waals surface area contributed by atoms with Gasteiger partial charge in [0.25, 0.3) is 5.91 Å². The highest BCUT2D eigenvalue weighted by Crippen LogP contribution is 2.46. The van der Waals surface area contributed by atoms with Crippen molar-refractivity contribution in [2.75, 3.05) is 40.4 Å². The lowest BCUT2D eigenvalue weighted by Gasteiger charge is -2.44. The summed E-state index contributed by atoms with van der Waals surface area (Å²) in [6.45, 7) is 2.74. The molecule has 8 nitrogen and oxygen atoms in total. The summed E-state index contributed by atoms with van der Waals surface area (Å²) in [5.74, 6) is 0.539. The van der Waals surface area contributed by atoms with Crippen LogP contribution in [0.2, 0.25) is 5.02 Å². The quantitative estimate of drug-likeness (QED) is 0.263. The first kappa shape index (κ1) is 30.9. The standard InChI is InChI=1S/C34H40ClN3O5/c1-36-21-23-9-11-25(12-10-23)32(39)38-18-4-6-27(22-38)34(41,16-5-17-37-33(40)42-2)28-7-3-8-29(35)31(28)26-14-13-24-15-19-43-30(24)20-26/h3,7-14,20,27,36,41H,4-6,15-19,21-22H2,1-2H3,(H,37,40)/t27-,34+/m1/s1. The normalized spacial score (nSPS) is 17.5. The van der Waals surface area contributed by atoms with Gasteiger partial charge in [-0.25, -0.2) is 4.79 Å². The number of nitrogens with one attached hydrogen (secondary N) is 2. The number of nitrogens with zero attached hydrogens (tertiary/aromatic N) is 1. The van der Waals surface area contributed by atoms with Gasteiger partial charge in [-0.15, -0.1) is 0 Å². The molecule has 1 fully saturated rings. The molecule has 0 unspecified atom stereocenters. The number of rotatable bonds is 10. The summed E-state index contributed by atoms with van der Waals surface area (Å²) in [5, 5.41) is 19.2. The van der Waals surface area contributed by atoms with Crippen LogP contribution < -0.4 is 15.4 Å². The number of fused-ring (bicyclic) bond motifs is 1. The van der Waals surface area contributed by atoms with Gasteiger partial charge in [-0.1, -0.05) is 48.0 Å². The lowest BCUT2D eigenvalue weighted by Crippen LogP contribution is -2.48. The van der Waals surface area contributed by atoms with Crippen molar-refractivity contribution in [3.05, 3.63) is 87.9 Å². The molecule has 2 atom stereocenters. The van der Waals surface area contributed by atoms with Crippen LogP contribution in [0.3, 0.4) is 0 Å². The van der Waals surface area contributed by atoms with Crippen LogP contribution in [-0.2, 0) is 23.3 Å². The molecule has 0 saturated carbocycles. The molecule has 9 heteroatoms. The zero-order valence-corrected chi connectivity index (χ0v) is 25.6. The van der Waals surface area contributed by atoms with E-state index in [1.807, 2.05) is 66.5 Å². The molecule has 3 N–H and O–H groups in total. The van der Waals surface area contributed by atoms with E-state index in [0.717, 1.165) is 53.8 Å². The molecule has 228 valence electrons. The Morgan fingerprint density at radius 3 is 2.74 bits per heavy atom. The number of piperidine rings is 1. The van der Waals surface area contributed by atoms with Crippen molar-refractivity contribution in [2.24, 2.45) is 5.92 Å². The number of halogens is 1. The molecule has 0 aliphatic carbocycles. The van der Waals surface area contributed by atoms with Crippen molar-refractivity contribution in [1.82, 2.24) is 15.5 Å². The highest BCUT2D eigenvalue weighted by molar-refractivity contribution is 6.33. The van der Waals surface area contributed by atoms with E-state index in [0.29, 0.717) is 55.2 Å². The van der Waals surface area contributed by atoms with E-state index in [-0.39, 0.29) is 11.8 Å². The second kappa shape index (κ2) is 13.8. The van der Waals surface area contributed by atoms with Gasteiger partial charge < -0.3 is 30.1 Å². The topological polar surface area (TPSA) is 100 Å². The van der Waals surface area contributed by atoms with Gasteiger partial charge in [0.05, 0.1) is 19.3 Å². The fraction of sp³-hybridized carbons (Fsp3) is 0.412. The highest BCUT2D eigenvalue weighted by atomic mass is 35.5. The van der Waals surface area contributed by atoms with Gasteiger partial charge in [-0.2, -0.15) is 0 Å². The van der Waals surface area contributed by atoms with Crippen molar-refractivity contribution >= 4 is 23.6 Å². The average molecular weight is 606 g/mol. The number of carbonyl (C=O) groups is 2. The van der Waals surface area contributed by atoms with Gasteiger partial charge in [0, 0.05) is 54.7 Å². The maximum Gasteiger partial charge on any atom is 0.406 e. The number of hydrogen-bond acceptors (Lipinski definition) is 6. The van der Waals surface area contributed by atoms with Crippen molar-refractivity contribution in [3.63, 3.8) is 0 Å². The van der Waals surface area contributed by atoms with E-state index in [1.165, 1.54) is 7.11 Å². The Morgan fingerprint density at radius 2 is 1.98 bits per heavy atom. The number of alkyl carbamates (subject to hydrolysis) is 1. The molecule has 43 heavy (non-hydrogen) atoms. The molecule has 2 aliphatic heterocycles. The number of ether oxygens (including phenoxy) is 2. The predicted octanol–water partition coefficient (Wildman–Crippen LogP) is 5.54. The Balaban J connectivity index is 1.47. The van der Waals surface area contributed by atoms with Crippen molar-refractivity contribution in [3.8, 4) is 16.9 Å². The van der Waals surface area contributed by atoms with Crippen LogP contribution in [0.1, 0.15) is 52.7 Å². The van der Waals surface area contributed by atoms with E-state index >= 15 is 0 Å². The molecule has 2 amide bonds. The smallest absolute Gasteiger partial charge is 0.406 e. The third-order valence-electron chi connectivity index (χ3n) is 8.62. The Bertz CT molecular complexity index is 1450. The Labute approximate surface area is 258 Å². The Kier molecular flexibility index (Phi) is 9.90. The number of benzene rings is 3. The molecule has 0 aromatic heterocycles. The third kappa shape index (κ3) is 6.82. The maximum absolute atomic E-state index is 13.6. The summed E-state index contributed by atoms with van der Waals surface area (Å²) in [6.07, 6.45) is 2.72. The van der Waals surface area contributed by atoms with Gasteiger partial charge in [0.1, 0.15) is 5.75 Å². The van der Waals surface area contributed by atoms with Crippen LogP contribution in [0.4, 0.5) is 4.79 Å². The first-order valence-electron chi connectivity index (χ1n) is 15.0. The summed E-state index contributed by atoms with van der Waals surface area (Å²) in [4.78, 5) is 27.2. The number of likely N-dealkylation sites (tertiary alicyclic amines) is 1. The monoisotopic (exact) mass is 605 g/mol. The lowest BCUT2D eigenvalue weighted by molar-refractivity contribution is -0.0563. The number of hydrogen-bond donors (Lipinski definition) is 3. The summed E-state index contributed by atoms with van der Waals surface area (Å²) < 4.78 is 10.6. The van der Waals surface area contributed by atoms with E-state index in [4.69, 9.17) is 21.1 Å². The molecule has 5 rings (SSSR count). The Hall–Kier alpha value is -3.59. The van der Waals surface area contributed by atoms with Gasteiger partial charge in [0.2, 0.25) is 0 Å². The van der Waals surface area contributed by atoms with E-state index in [9.17, 15) is 14.7 Å². The molecule has 0 spiro atoms. The largest absolute Gasteiger partial charge is 0.493 e. The molecule has 0 radical (unpaired) electrons. The number of methoxy groups -OCH3 is 1. The van der Waals surface area contributed by atoms with Gasteiger partial charge in [-0.05, 0) is 79.3 Å². The molecule has 2 aliphatic rings. The zero-order valence-electron chi connectivity index (χ0n) is 24.8. The van der Waals surface area contributed by atoms with E-state index < -0.39 is 11.7 Å². The van der Waals surface area contributed by atoms with Crippen LogP contribution >= 0.6 is 11.6 Å². The minimum atomic E-state index is -1.33. The van der Waals surface area contributed by atoms with Crippen molar-refractivity contribution < 1.29 is 24.2 Å². The van der Waals surface area contributed by atoms with Crippen LogP contribution in [0.25, 0.3) is 11.1 Å². The fourth-order valence-electron chi connectivity index (χ4n) is 6.38. The van der Waals surface area contributed by atoms with Crippen LogP contribution in [0.5, 0.6) is 5.75 Å². The minimum absolute atomic E-state index is 0.0440. The maximum atomic E-state index is 13.6. The molecular formula is C34H40ClN3O5. The van der Waals surface area contributed by atoms with E-state index in [1.54, 1.807) is 0 Å². The first-order chi connectivity index (χ1) is 20.8. The van der Waals surface area contributed by atoms with Gasteiger partial charge in [-0.3, -0.25) is 4.79 Å². The number of carbonyl (C=O) groups excluding carboxylic acids is 2. The number of amides is 2. The second-order valence-corrected chi connectivity index (χ2v) is 11.8. The van der Waals surface area contributed by atoms with Gasteiger partial charge in [0.15, 0.2) is 0 Å². The molecular weight excluding hydrogens is 566 g/mol. The molecule has 1 saturated heterocycles. The number of aliphatic hydroxyl groups is 1. The SMILES string of the molecule is CNCc1ccc(C(=O)N2CCC[C@@H]([C@@](O)(CCCNC(=O)OC)c3cccc(Cl)c3-c3ccc4c(c3)OCC4)C2)cc1. The van der Waals surface area contributed by atoms with Gasteiger partial charge >= 0.3 is 6.09 Å². The summed E-state index contributed by atoms with van der Waals surface area (Å²) in [5.41, 5.74) is 3.91. The second-order valence-electron chi connectivity index (χ2n) is 11.3.